The molecule has 6 nitrogen and oxygen atoms in total. The van der Waals surface area contributed by atoms with Gasteiger partial charge in [-0.25, -0.2) is 17.6 Å². The standard InChI is InChI=1S/C28H36F4N4O2/c1-3-4-9-33-13-19(14-37)34-18-11-22(29)25(23(30)12-18)27-26-21(20-7-5-6-8-24(20)35-26)10-17(2)36(27)15-28(31,32)16-38/h5-8,11-12,17,19,27,33-35,37-38H,3-4,9-10,13-16H2,1-2H3/t17-,19?,27-/m1/s1. The fourth-order valence-electron chi connectivity index (χ4n) is 5.29. The molecule has 2 aromatic carbocycles. The molecule has 5 N–H and O–H groups in total. The van der Waals surface area contributed by atoms with E-state index in [4.69, 9.17) is 0 Å². The number of nitrogens with zero attached hydrogens (tertiary/aromatic N) is 1. The molecular weight excluding hydrogens is 500 g/mol. The van der Waals surface area contributed by atoms with Crippen LogP contribution >= 0.6 is 0 Å². The topological polar surface area (TPSA) is 83.5 Å². The Labute approximate surface area is 220 Å². The first kappa shape index (κ1) is 28.4. The van der Waals surface area contributed by atoms with E-state index in [0.717, 1.165) is 48.0 Å². The Morgan fingerprint density at radius 2 is 1.87 bits per heavy atom. The molecule has 0 fully saturated rings. The van der Waals surface area contributed by atoms with Gasteiger partial charge in [-0.15, -0.1) is 0 Å². The number of hydrogen-bond acceptors (Lipinski definition) is 5. The van der Waals surface area contributed by atoms with Gasteiger partial charge in [-0.1, -0.05) is 31.5 Å². The molecule has 2 heterocycles. The summed E-state index contributed by atoms with van der Waals surface area (Å²) in [5, 5.41) is 26.0. The van der Waals surface area contributed by atoms with Crippen LogP contribution < -0.4 is 10.6 Å². The third-order valence-electron chi connectivity index (χ3n) is 7.20. The Morgan fingerprint density at radius 3 is 2.53 bits per heavy atom. The van der Waals surface area contributed by atoms with Crippen LogP contribution in [0.25, 0.3) is 10.9 Å². The van der Waals surface area contributed by atoms with E-state index in [0.29, 0.717) is 18.7 Å². The van der Waals surface area contributed by atoms with E-state index < -0.39 is 48.8 Å². The molecule has 0 radical (unpaired) electrons. The number of fused-ring (bicyclic) bond motifs is 3. The van der Waals surface area contributed by atoms with Crippen LogP contribution in [0.2, 0.25) is 0 Å². The van der Waals surface area contributed by atoms with Crippen LogP contribution in [0, 0.1) is 11.6 Å². The summed E-state index contributed by atoms with van der Waals surface area (Å²) < 4.78 is 60.4. The average Bonchev–Trinajstić information content (AvgIpc) is 3.25. The summed E-state index contributed by atoms with van der Waals surface area (Å²) in [5.74, 6) is -5.22. The molecule has 38 heavy (non-hydrogen) atoms. The van der Waals surface area contributed by atoms with Crippen molar-refractivity contribution in [1.82, 2.24) is 15.2 Å². The quantitative estimate of drug-likeness (QED) is 0.173. The van der Waals surface area contributed by atoms with Gasteiger partial charge in [0.15, 0.2) is 0 Å². The second-order valence-electron chi connectivity index (χ2n) is 10.1. The van der Waals surface area contributed by atoms with E-state index in [2.05, 4.69) is 22.5 Å². The summed E-state index contributed by atoms with van der Waals surface area (Å²) in [7, 11) is 0. The van der Waals surface area contributed by atoms with Gasteiger partial charge in [0.1, 0.15) is 18.2 Å². The lowest BCUT2D eigenvalue weighted by atomic mass is 9.87. The number of nitrogens with one attached hydrogen (secondary N) is 3. The number of aromatic nitrogens is 1. The van der Waals surface area contributed by atoms with Crippen LogP contribution in [-0.4, -0.2) is 71.0 Å². The van der Waals surface area contributed by atoms with E-state index >= 15 is 8.78 Å². The number of benzene rings is 2. The minimum absolute atomic E-state index is 0.146. The van der Waals surface area contributed by atoms with Gasteiger partial charge in [0.05, 0.1) is 25.2 Å². The van der Waals surface area contributed by atoms with E-state index in [1.165, 1.54) is 4.90 Å². The summed E-state index contributed by atoms with van der Waals surface area (Å²) in [5.41, 5.74) is 1.86. The van der Waals surface area contributed by atoms with Crippen LogP contribution in [0.3, 0.4) is 0 Å². The van der Waals surface area contributed by atoms with Gasteiger partial charge in [0, 0.05) is 40.4 Å². The third kappa shape index (κ3) is 5.98. The summed E-state index contributed by atoms with van der Waals surface area (Å²) >= 11 is 0. The number of anilines is 1. The molecule has 1 unspecified atom stereocenters. The molecule has 1 aliphatic rings. The maximum atomic E-state index is 15.7. The minimum atomic E-state index is -3.45. The Hall–Kier alpha value is -2.66. The molecule has 0 saturated carbocycles. The van der Waals surface area contributed by atoms with Crippen molar-refractivity contribution >= 4 is 16.6 Å². The number of aliphatic hydroxyl groups is 2. The lowest BCUT2D eigenvalue weighted by molar-refractivity contribution is -0.0869. The van der Waals surface area contributed by atoms with Crippen molar-refractivity contribution in [1.29, 1.82) is 0 Å². The zero-order chi connectivity index (χ0) is 27.4. The summed E-state index contributed by atoms with van der Waals surface area (Å²) in [6.07, 6.45) is 2.39. The average molecular weight is 537 g/mol. The summed E-state index contributed by atoms with van der Waals surface area (Å²) in [4.78, 5) is 4.58. The van der Waals surface area contributed by atoms with Crippen molar-refractivity contribution in [2.45, 2.75) is 57.2 Å². The molecule has 0 aliphatic carbocycles. The van der Waals surface area contributed by atoms with Crippen molar-refractivity contribution in [2.24, 2.45) is 0 Å². The van der Waals surface area contributed by atoms with Gasteiger partial charge in [0.25, 0.3) is 5.92 Å². The molecule has 4 rings (SSSR count). The highest BCUT2D eigenvalue weighted by atomic mass is 19.3. The van der Waals surface area contributed by atoms with Gasteiger partial charge in [-0.3, -0.25) is 4.90 Å². The Morgan fingerprint density at radius 1 is 1.16 bits per heavy atom. The number of unbranched alkanes of at least 4 members (excludes halogenated alkanes) is 1. The van der Waals surface area contributed by atoms with Gasteiger partial charge in [-0.05, 0) is 50.1 Å². The minimum Gasteiger partial charge on any atom is -0.394 e. The van der Waals surface area contributed by atoms with Crippen LogP contribution in [-0.2, 0) is 6.42 Å². The molecule has 1 aromatic heterocycles. The molecule has 208 valence electrons. The van der Waals surface area contributed by atoms with Crippen LogP contribution in [0.1, 0.15) is 49.6 Å². The number of aliphatic hydroxyl groups excluding tert-OH is 2. The number of rotatable bonds is 12. The fourth-order valence-corrected chi connectivity index (χ4v) is 5.29. The predicted molar refractivity (Wildman–Crippen MR) is 141 cm³/mol. The first-order valence-corrected chi connectivity index (χ1v) is 13.1. The maximum absolute atomic E-state index is 15.7. The largest absolute Gasteiger partial charge is 0.394 e. The lowest BCUT2D eigenvalue weighted by Gasteiger charge is -2.42. The zero-order valence-electron chi connectivity index (χ0n) is 21.7. The molecule has 0 saturated heterocycles. The van der Waals surface area contributed by atoms with Crippen molar-refractivity contribution in [2.75, 3.05) is 38.2 Å². The van der Waals surface area contributed by atoms with E-state index in [1.54, 1.807) is 6.92 Å². The molecule has 3 aromatic rings. The number of alkyl halides is 2. The number of para-hydroxylation sites is 1. The van der Waals surface area contributed by atoms with Gasteiger partial charge in [0.2, 0.25) is 0 Å². The molecular formula is C28H36F4N4O2. The third-order valence-corrected chi connectivity index (χ3v) is 7.20. The highest BCUT2D eigenvalue weighted by Crippen LogP contribution is 2.43. The van der Waals surface area contributed by atoms with Gasteiger partial charge >= 0.3 is 0 Å². The Balaban J connectivity index is 1.73. The normalized spacial score (nSPS) is 19.1. The van der Waals surface area contributed by atoms with Gasteiger partial charge < -0.3 is 25.8 Å². The fraction of sp³-hybridized carbons (Fsp3) is 0.500. The van der Waals surface area contributed by atoms with Crippen molar-refractivity contribution in [3.8, 4) is 0 Å². The summed E-state index contributed by atoms with van der Waals surface area (Å²) in [6, 6.07) is 7.60. The van der Waals surface area contributed by atoms with Crippen LogP contribution in [0.5, 0.6) is 0 Å². The highest BCUT2D eigenvalue weighted by Gasteiger charge is 2.43. The van der Waals surface area contributed by atoms with Crippen molar-refractivity contribution in [3.63, 3.8) is 0 Å². The molecule has 1 aliphatic heterocycles. The summed E-state index contributed by atoms with van der Waals surface area (Å²) in [6.45, 7) is 2.50. The first-order chi connectivity index (χ1) is 18.2. The predicted octanol–water partition coefficient (Wildman–Crippen LogP) is 4.57. The zero-order valence-corrected chi connectivity index (χ0v) is 21.7. The molecule has 0 spiro atoms. The SMILES string of the molecule is CCCCNCC(CO)Nc1cc(F)c([C@@H]2c3[nH]c4ccccc4c3C[C@@H](C)N2CC(F)(F)CO)c(F)c1. The lowest BCUT2D eigenvalue weighted by Crippen LogP contribution is -2.49. The molecule has 0 amide bonds. The van der Waals surface area contributed by atoms with E-state index in [-0.39, 0.29) is 17.9 Å². The monoisotopic (exact) mass is 536 g/mol. The van der Waals surface area contributed by atoms with Crippen LogP contribution in [0.15, 0.2) is 36.4 Å². The molecule has 3 atom stereocenters. The van der Waals surface area contributed by atoms with E-state index in [9.17, 15) is 19.0 Å². The number of H-pyrrole nitrogens is 1. The Bertz CT molecular complexity index is 1210. The molecule has 0 bridgehead atoms. The molecule has 10 heteroatoms. The van der Waals surface area contributed by atoms with E-state index in [1.807, 2.05) is 24.3 Å². The maximum Gasteiger partial charge on any atom is 0.283 e. The second-order valence-corrected chi connectivity index (χ2v) is 10.1. The smallest absolute Gasteiger partial charge is 0.283 e. The van der Waals surface area contributed by atoms with Crippen molar-refractivity contribution in [3.05, 3.63) is 64.9 Å². The second kappa shape index (κ2) is 12.0. The number of halogens is 4. The van der Waals surface area contributed by atoms with Crippen molar-refractivity contribution < 1.29 is 27.8 Å². The number of hydrogen-bond donors (Lipinski definition) is 5. The first-order valence-electron chi connectivity index (χ1n) is 13.1. The highest BCUT2D eigenvalue weighted by molar-refractivity contribution is 5.85. The van der Waals surface area contributed by atoms with Gasteiger partial charge in [-0.2, -0.15) is 0 Å². The van der Waals surface area contributed by atoms with Crippen LogP contribution in [0.4, 0.5) is 23.2 Å². The number of aromatic amines is 1. The Kier molecular flexibility index (Phi) is 8.97.